The number of carbonyl (C=O) groups is 2. The molecule has 1 N–H and O–H groups in total. The quantitative estimate of drug-likeness (QED) is 0.415. The average molecular weight is 446 g/mol. The summed E-state index contributed by atoms with van der Waals surface area (Å²) in [5, 5.41) is 3.31. The Hall–Kier alpha value is -3.90. The maximum Gasteiger partial charge on any atom is 0.280 e. The molecule has 2 amide bonds. The van der Waals surface area contributed by atoms with Gasteiger partial charge in [0.05, 0.1) is 0 Å². The number of anilines is 2. The molecule has 0 saturated carbocycles. The van der Waals surface area contributed by atoms with Gasteiger partial charge in [0.25, 0.3) is 5.91 Å². The molecule has 0 unspecified atom stereocenters. The summed E-state index contributed by atoms with van der Waals surface area (Å²) in [6.45, 7) is 1.44. The molecular weight excluding hydrogens is 426 g/mol. The zero-order chi connectivity index (χ0) is 22.7. The van der Waals surface area contributed by atoms with E-state index in [0.29, 0.717) is 33.6 Å². The summed E-state index contributed by atoms with van der Waals surface area (Å²) < 4.78 is 6.07. The van der Waals surface area contributed by atoms with E-state index in [9.17, 15) is 9.59 Å². The van der Waals surface area contributed by atoms with Crippen LogP contribution in [0.3, 0.4) is 0 Å². The van der Waals surface area contributed by atoms with Gasteiger partial charge in [-0.3, -0.25) is 9.59 Å². The van der Waals surface area contributed by atoms with Crippen molar-refractivity contribution in [3.63, 3.8) is 0 Å². The van der Waals surface area contributed by atoms with E-state index in [-0.39, 0.29) is 17.5 Å². The molecule has 6 nitrogen and oxygen atoms in total. The smallest absolute Gasteiger partial charge is 0.280 e. The van der Waals surface area contributed by atoms with Crippen molar-refractivity contribution in [1.29, 1.82) is 0 Å². The molecule has 32 heavy (non-hydrogen) atoms. The molecule has 0 aliphatic rings. The number of benzene rings is 3. The van der Waals surface area contributed by atoms with Crippen molar-refractivity contribution in [2.24, 2.45) is 0 Å². The van der Waals surface area contributed by atoms with Crippen molar-refractivity contribution >= 4 is 34.8 Å². The summed E-state index contributed by atoms with van der Waals surface area (Å²) in [5.74, 6) is 0.215. The van der Waals surface area contributed by atoms with E-state index >= 15 is 0 Å². The van der Waals surface area contributed by atoms with Gasteiger partial charge in [0.2, 0.25) is 11.8 Å². The Balaban J connectivity index is 1.76. The lowest BCUT2D eigenvalue weighted by molar-refractivity contribution is -0.114. The Morgan fingerprint density at radius 1 is 0.906 bits per heavy atom. The van der Waals surface area contributed by atoms with Crippen LogP contribution in [0.25, 0.3) is 22.8 Å². The fourth-order valence-corrected chi connectivity index (χ4v) is 3.34. The minimum Gasteiger partial charge on any atom is -0.435 e. The summed E-state index contributed by atoms with van der Waals surface area (Å²) in [6, 6.07) is 23.4. The minimum atomic E-state index is -0.320. The van der Waals surface area contributed by atoms with E-state index < -0.39 is 0 Å². The first kappa shape index (κ1) is 21.3. The number of nitrogens with zero attached hydrogens (tertiary/aromatic N) is 2. The van der Waals surface area contributed by atoms with E-state index in [1.165, 1.54) is 11.8 Å². The van der Waals surface area contributed by atoms with Gasteiger partial charge in [0.1, 0.15) is 0 Å². The SMILES string of the molecule is CC(=O)Nc1ccc(-c2oc(-c3ccccc3)nc2C(=O)N(C)c2ccc(Cl)cc2)cc1. The van der Waals surface area contributed by atoms with Crippen molar-refractivity contribution in [2.75, 3.05) is 17.3 Å². The number of halogens is 1. The summed E-state index contributed by atoms with van der Waals surface area (Å²) in [6.07, 6.45) is 0. The average Bonchev–Trinajstić information content (AvgIpc) is 3.25. The molecule has 4 aromatic rings. The zero-order valence-corrected chi connectivity index (χ0v) is 18.3. The van der Waals surface area contributed by atoms with Gasteiger partial charge in [-0.05, 0) is 60.7 Å². The van der Waals surface area contributed by atoms with Crippen LogP contribution in [0.2, 0.25) is 5.02 Å². The molecule has 4 rings (SSSR count). The highest BCUT2D eigenvalue weighted by Gasteiger charge is 2.25. The maximum atomic E-state index is 13.4. The lowest BCUT2D eigenvalue weighted by Gasteiger charge is -2.16. The molecule has 1 heterocycles. The highest BCUT2D eigenvalue weighted by molar-refractivity contribution is 6.30. The Morgan fingerprint density at radius 3 is 2.19 bits per heavy atom. The standard InChI is InChI=1S/C25H20ClN3O3/c1-16(30)27-20-12-8-17(9-13-20)23-22(28-24(32-23)18-6-4-3-5-7-18)25(31)29(2)21-14-10-19(26)11-15-21/h3-15H,1-2H3,(H,27,30). The minimum absolute atomic E-state index is 0.163. The largest absolute Gasteiger partial charge is 0.435 e. The summed E-state index contributed by atoms with van der Waals surface area (Å²) >= 11 is 5.98. The Kier molecular flexibility index (Phi) is 6.05. The highest BCUT2D eigenvalue weighted by Crippen LogP contribution is 2.32. The van der Waals surface area contributed by atoms with Crippen molar-refractivity contribution in [3.05, 3.63) is 89.6 Å². The number of rotatable bonds is 5. The molecule has 0 atom stereocenters. The van der Waals surface area contributed by atoms with E-state index in [1.54, 1.807) is 55.6 Å². The fourth-order valence-electron chi connectivity index (χ4n) is 3.21. The van der Waals surface area contributed by atoms with Gasteiger partial charge in [0, 0.05) is 41.5 Å². The van der Waals surface area contributed by atoms with Crippen LogP contribution < -0.4 is 10.2 Å². The second kappa shape index (κ2) is 9.08. The Labute approximate surface area is 190 Å². The third-order valence-electron chi connectivity index (χ3n) is 4.84. The molecule has 1 aromatic heterocycles. The van der Waals surface area contributed by atoms with Crippen LogP contribution in [0.4, 0.5) is 11.4 Å². The van der Waals surface area contributed by atoms with Crippen LogP contribution in [0.15, 0.2) is 83.3 Å². The first-order valence-corrected chi connectivity index (χ1v) is 10.3. The lowest BCUT2D eigenvalue weighted by atomic mass is 10.1. The highest BCUT2D eigenvalue weighted by atomic mass is 35.5. The van der Waals surface area contributed by atoms with Crippen LogP contribution in [0.5, 0.6) is 0 Å². The zero-order valence-electron chi connectivity index (χ0n) is 17.5. The van der Waals surface area contributed by atoms with Crippen molar-refractivity contribution in [2.45, 2.75) is 6.92 Å². The van der Waals surface area contributed by atoms with Crippen LogP contribution in [0, 0.1) is 0 Å². The molecule has 0 fully saturated rings. The van der Waals surface area contributed by atoms with Gasteiger partial charge in [0.15, 0.2) is 11.5 Å². The number of hydrogen-bond acceptors (Lipinski definition) is 4. The monoisotopic (exact) mass is 445 g/mol. The van der Waals surface area contributed by atoms with Gasteiger partial charge < -0.3 is 14.6 Å². The topological polar surface area (TPSA) is 75.4 Å². The summed E-state index contributed by atoms with van der Waals surface area (Å²) in [4.78, 5) is 30.7. The Morgan fingerprint density at radius 2 is 1.56 bits per heavy atom. The molecule has 3 aromatic carbocycles. The van der Waals surface area contributed by atoms with Crippen LogP contribution in [0.1, 0.15) is 17.4 Å². The maximum absolute atomic E-state index is 13.4. The van der Waals surface area contributed by atoms with Crippen molar-refractivity contribution < 1.29 is 14.0 Å². The number of nitrogens with one attached hydrogen (secondary N) is 1. The van der Waals surface area contributed by atoms with Crippen molar-refractivity contribution in [1.82, 2.24) is 4.98 Å². The third-order valence-corrected chi connectivity index (χ3v) is 5.09. The Bertz CT molecular complexity index is 1250. The predicted molar refractivity (Wildman–Crippen MR) is 126 cm³/mol. The van der Waals surface area contributed by atoms with Gasteiger partial charge >= 0.3 is 0 Å². The molecular formula is C25H20ClN3O3. The van der Waals surface area contributed by atoms with Gasteiger partial charge in [-0.15, -0.1) is 0 Å². The normalized spacial score (nSPS) is 10.6. The van der Waals surface area contributed by atoms with Gasteiger partial charge in [-0.1, -0.05) is 29.8 Å². The molecule has 0 bridgehead atoms. The van der Waals surface area contributed by atoms with E-state index in [2.05, 4.69) is 10.3 Å². The molecule has 0 radical (unpaired) electrons. The summed E-state index contributed by atoms with van der Waals surface area (Å²) in [5.41, 5.74) is 2.94. The van der Waals surface area contributed by atoms with E-state index in [0.717, 1.165) is 5.56 Å². The van der Waals surface area contributed by atoms with E-state index in [1.807, 2.05) is 30.3 Å². The summed E-state index contributed by atoms with van der Waals surface area (Å²) in [7, 11) is 1.67. The second-order valence-electron chi connectivity index (χ2n) is 7.16. The van der Waals surface area contributed by atoms with Crippen LogP contribution in [-0.2, 0) is 4.79 Å². The van der Waals surface area contributed by atoms with E-state index in [4.69, 9.17) is 16.0 Å². The van der Waals surface area contributed by atoms with Gasteiger partial charge in [-0.2, -0.15) is 0 Å². The fraction of sp³-hybridized carbons (Fsp3) is 0.0800. The third kappa shape index (κ3) is 4.55. The van der Waals surface area contributed by atoms with Gasteiger partial charge in [-0.25, -0.2) is 4.98 Å². The van der Waals surface area contributed by atoms with Crippen LogP contribution >= 0.6 is 11.6 Å². The molecule has 160 valence electrons. The first-order valence-electron chi connectivity index (χ1n) is 9.90. The predicted octanol–water partition coefficient (Wildman–Crippen LogP) is 5.90. The number of oxazole rings is 1. The first-order chi connectivity index (χ1) is 15.4. The molecule has 7 heteroatoms. The van der Waals surface area contributed by atoms with Crippen LogP contribution in [-0.4, -0.2) is 23.8 Å². The second-order valence-corrected chi connectivity index (χ2v) is 7.60. The molecule has 0 aliphatic carbocycles. The molecule has 0 saturated heterocycles. The molecule has 0 aliphatic heterocycles. The van der Waals surface area contributed by atoms with Crippen molar-refractivity contribution in [3.8, 4) is 22.8 Å². The number of aromatic nitrogens is 1. The number of hydrogen-bond donors (Lipinski definition) is 1. The molecule has 0 spiro atoms. The number of carbonyl (C=O) groups excluding carboxylic acids is 2. The number of amides is 2. The lowest BCUT2D eigenvalue weighted by Crippen LogP contribution is -2.27.